The Morgan fingerprint density at radius 1 is 0.938 bits per heavy atom. The van der Waals surface area contributed by atoms with E-state index in [9.17, 15) is 14.0 Å². The van der Waals surface area contributed by atoms with Crippen molar-refractivity contribution in [2.24, 2.45) is 10.9 Å². The van der Waals surface area contributed by atoms with Gasteiger partial charge in [-0.25, -0.2) is 14.4 Å². The van der Waals surface area contributed by atoms with Gasteiger partial charge in [0.1, 0.15) is 11.6 Å². The zero-order valence-electron chi connectivity index (χ0n) is 26.5. The predicted molar refractivity (Wildman–Crippen MR) is 183 cm³/mol. The third-order valence-corrected chi connectivity index (χ3v) is 9.46. The topological polar surface area (TPSA) is 100 Å². The molecule has 7 rings (SSSR count). The summed E-state index contributed by atoms with van der Waals surface area (Å²) in [5.41, 5.74) is 5.20. The van der Waals surface area contributed by atoms with E-state index in [0.29, 0.717) is 78.4 Å². The summed E-state index contributed by atoms with van der Waals surface area (Å²) in [4.78, 5) is 44.3. The molecule has 0 radical (unpaired) electrons. The van der Waals surface area contributed by atoms with Crippen LogP contribution < -0.4 is 5.32 Å². The smallest absolute Gasteiger partial charge is 0.253 e. The molecule has 0 spiro atoms. The van der Waals surface area contributed by atoms with Crippen molar-refractivity contribution in [3.8, 4) is 11.3 Å². The number of aliphatic imine (C=N–C) groups is 1. The molecule has 9 nitrogen and oxygen atoms in total. The van der Waals surface area contributed by atoms with Crippen LogP contribution in [0.15, 0.2) is 77.9 Å². The van der Waals surface area contributed by atoms with Crippen LogP contribution in [0.25, 0.3) is 11.3 Å². The van der Waals surface area contributed by atoms with Gasteiger partial charge in [-0.2, -0.15) is 0 Å². The SMILES string of the molecule is O=C(CN1CCN(C(=O)c2ccc(Nc3ncc4c(n3)-c3ccc(Cl)cc3C(c3ccccc3F)=NC4)cc2)CC1)[C@@H]1CCCOCC1. The predicted octanol–water partition coefficient (Wildman–Crippen LogP) is 6.17. The molecule has 1 aromatic heterocycles. The van der Waals surface area contributed by atoms with Gasteiger partial charge < -0.3 is 15.0 Å². The Labute approximate surface area is 283 Å². The molecule has 3 aliphatic rings. The molecular formula is C37H36ClFN6O3. The third kappa shape index (κ3) is 7.01. The number of amides is 1. The Morgan fingerprint density at radius 3 is 2.56 bits per heavy atom. The summed E-state index contributed by atoms with van der Waals surface area (Å²) < 4.78 is 20.4. The van der Waals surface area contributed by atoms with Crippen molar-refractivity contribution in [1.82, 2.24) is 19.8 Å². The van der Waals surface area contributed by atoms with Crippen molar-refractivity contribution in [3.63, 3.8) is 0 Å². The number of aromatic nitrogens is 2. The number of ketones is 1. The molecule has 0 unspecified atom stereocenters. The maximum absolute atomic E-state index is 14.9. The van der Waals surface area contributed by atoms with E-state index in [4.69, 9.17) is 26.3 Å². The van der Waals surface area contributed by atoms with E-state index in [-0.39, 0.29) is 30.0 Å². The first-order valence-corrected chi connectivity index (χ1v) is 16.8. The Hall–Kier alpha value is -4.51. The normalized spacial score (nSPS) is 18.2. The van der Waals surface area contributed by atoms with Crippen LogP contribution in [-0.4, -0.2) is 83.1 Å². The van der Waals surface area contributed by atoms with Crippen molar-refractivity contribution in [3.05, 3.63) is 106 Å². The van der Waals surface area contributed by atoms with E-state index in [1.807, 2.05) is 23.1 Å². The Balaban J connectivity index is 1.01. The molecule has 0 aliphatic carbocycles. The minimum absolute atomic E-state index is 0.0318. The molecule has 3 aliphatic heterocycles. The van der Waals surface area contributed by atoms with Crippen LogP contribution in [0.3, 0.4) is 0 Å². The largest absolute Gasteiger partial charge is 0.381 e. The van der Waals surface area contributed by atoms with Crippen LogP contribution >= 0.6 is 11.6 Å². The van der Waals surface area contributed by atoms with Crippen molar-refractivity contribution in [2.75, 3.05) is 51.3 Å². The zero-order valence-corrected chi connectivity index (χ0v) is 27.3. The Morgan fingerprint density at radius 2 is 1.75 bits per heavy atom. The van der Waals surface area contributed by atoms with Gasteiger partial charge in [0.2, 0.25) is 5.95 Å². The lowest BCUT2D eigenvalue weighted by Crippen LogP contribution is -2.50. The molecular weight excluding hydrogens is 631 g/mol. The summed E-state index contributed by atoms with van der Waals surface area (Å²) in [5, 5.41) is 3.77. The molecule has 11 heteroatoms. The summed E-state index contributed by atoms with van der Waals surface area (Å²) in [7, 11) is 0. The van der Waals surface area contributed by atoms with Crippen molar-refractivity contribution < 1.29 is 18.7 Å². The molecule has 1 atom stereocenters. The van der Waals surface area contributed by atoms with Gasteiger partial charge in [0.15, 0.2) is 0 Å². The first-order chi connectivity index (χ1) is 23.4. The Kier molecular flexibility index (Phi) is 9.56. The van der Waals surface area contributed by atoms with E-state index < -0.39 is 0 Å². The first kappa shape index (κ1) is 32.1. The molecule has 2 saturated heterocycles. The van der Waals surface area contributed by atoms with Crippen LogP contribution in [0.2, 0.25) is 5.02 Å². The summed E-state index contributed by atoms with van der Waals surface area (Å²) >= 11 is 6.39. The molecule has 48 heavy (non-hydrogen) atoms. The second kappa shape index (κ2) is 14.3. The average molecular weight is 667 g/mol. The van der Waals surface area contributed by atoms with E-state index in [1.165, 1.54) is 6.07 Å². The van der Waals surface area contributed by atoms with Gasteiger partial charge in [-0.05, 0) is 67.8 Å². The number of piperazine rings is 1. The Bertz CT molecular complexity index is 1850. The van der Waals surface area contributed by atoms with Gasteiger partial charge >= 0.3 is 0 Å². The van der Waals surface area contributed by atoms with Gasteiger partial charge in [0.25, 0.3) is 5.91 Å². The maximum Gasteiger partial charge on any atom is 0.253 e. The molecule has 0 saturated carbocycles. The van der Waals surface area contributed by atoms with Gasteiger partial charge in [-0.3, -0.25) is 19.5 Å². The molecule has 3 aromatic carbocycles. The fourth-order valence-electron chi connectivity index (χ4n) is 6.56. The number of hydrogen-bond acceptors (Lipinski definition) is 8. The molecule has 246 valence electrons. The molecule has 1 N–H and O–H groups in total. The number of nitrogens with one attached hydrogen (secondary N) is 1. The number of anilines is 2. The highest BCUT2D eigenvalue weighted by Crippen LogP contribution is 2.34. The van der Waals surface area contributed by atoms with Crippen molar-refractivity contribution in [1.29, 1.82) is 0 Å². The van der Waals surface area contributed by atoms with Crippen LogP contribution in [0.5, 0.6) is 0 Å². The van der Waals surface area contributed by atoms with E-state index in [2.05, 4.69) is 15.2 Å². The molecule has 4 heterocycles. The third-order valence-electron chi connectivity index (χ3n) is 9.23. The number of carbonyl (C=O) groups excluding carboxylic acids is 2. The minimum Gasteiger partial charge on any atom is -0.381 e. The lowest BCUT2D eigenvalue weighted by atomic mass is 9.95. The highest BCUT2D eigenvalue weighted by atomic mass is 35.5. The molecule has 1 amide bonds. The number of ether oxygens (including phenoxy) is 1. The highest BCUT2D eigenvalue weighted by Gasteiger charge is 2.27. The van der Waals surface area contributed by atoms with Gasteiger partial charge in [0, 0.05) is 90.0 Å². The summed E-state index contributed by atoms with van der Waals surface area (Å²) in [6.07, 6.45) is 4.37. The second-order valence-electron chi connectivity index (χ2n) is 12.4. The monoisotopic (exact) mass is 666 g/mol. The standard InChI is InChI=1S/C37H36ClFN6O3/c38-27-9-12-29-31(20-27)35(30-5-1-2-6-32(30)39)40-21-26-22-41-37(43-34(26)29)42-28-10-7-25(8-11-28)36(47)45-16-14-44(15-17-45)23-33(46)24-4-3-18-48-19-13-24/h1-2,5-12,20,22,24H,3-4,13-19,21,23H2,(H,41,42,43)/t24-/m1/s1. The maximum atomic E-state index is 14.9. The molecule has 0 bridgehead atoms. The van der Waals surface area contributed by atoms with Crippen LogP contribution in [-0.2, 0) is 16.1 Å². The van der Waals surface area contributed by atoms with E-state index >= 15 is 0 Å². The number of fused-ring (bicyclic) bond motifs is 3. The first-order valence-electron chi connectivity index (χ1n) is 16.4. The lowest BCUT2D eigenvalue weighted by Gasteiger charge is -2.35. The number of halogens is 2. The van der Waals surface area contributed by atoms with Gasteiger partial charge in [0.05, 0.1) is 24.5 Å². The second-order valence-corrected chi connectivity index (χ2v) is 12.8. The fourth-order valence-corrected chi connectivity index (χ4v) is 6.73. The zero-order chi connectivity index (χ0) is 33.0. The number of Topliss-reactive ketones (excluding diaryl/α,β-unsaturated/α-hetero) is 1. The number of benzene rings is 3. The van der Waals surface area contributed by atoms with Gasteiger partial charge in [-0.1, -0.05) is 29.8 Å². The average Bonchev–Trinajstić information content (AvgIpc) is 3.47. The molecule has 2 fully saturated rings. The van der Waals surface area contributed by atoms with Crippen LogP contribution in [0, 0.1) is 11.7 Å². The highest BCUT2D eigenvalue weighted by molar-refractivity contribution is 6.31. The summed E-state index contributed by atoms with van der Waals surface area (Å²) in [6.45, 7) is 4.64. The number of rotatable bonds is 7. The summed E-state index contributed by atoms with van der Waals surface area (Å²) in [5.74, 6) is 0.355. The number of nitrogens with zero attached hydrogens (tertiary/aromatic N) is 5. The van der Waals surface area contributed by atoms with Crippen LogP contribution in [0.1, 0.15) is 46.3 Å². The quantitative estimate of drug-likeness (QED) is 0.252. The number of carbonyl (C=O) groups is 2. The van der Waals surface area contributed by atoms with Crippen molar-refractivity contribution in [2.45, 2.75) is 25.8 Å². The van der Waals surface area contributed by atoms with Gasteiger partial charge in [-0.15, -0.1) is 0 Å². The summed E-state index contributed by atoms with van der Waals surface area (Å²) in [6, 6.07) is 19.3. The molecule has 4 aromatic rings. The fraction of sp³-hybridized carbons (Fsp3) is 0.324. The number of hydrogen-bond donors (Lipinski definition) is 1. The van der Waals surface area contributed by atoms with E-state index in [0.717, 1.165) is 42.7 Å². The lowest BCUT2D eigenvalue weighted by molar-refractivity contribution is -0.124. The van der Waals surface area contributed by atoms with E-state index in [1.54, 1.807) is 48.7 Å². The van der Waals surface area contributed by atoms with Crippen LogP contribution in [0.4, 0.5) is 16.0 Å². The minimum atomic E-state index is -0.362. The van der Waals surface area contributed by atoms with Crippen molar-refractivity contribution >= 4 is 40.6 Å².